The summed E-state index contributed by atoms with van der Waals surface area (Å²) in [6.45, 7) is 6.46. The first-order valence-electron chi connectivity index (χ1n) is 9.51. The van der Waals surface area contributed by atoms with Crippen molar-refractivity contribution in [2.45, 2.75) is 52.4 Å². The number of ether oxygens (including phenoxy) is 1. The number of ketones is 1. The topological polar surface area (TPSA) is 59.2 Å². The number of benzene rings is 1. The van der Waals surface area contributed by atoms with Crippen LogP contribution < -0.4 is 0 Å². The number of hydrogen-bond acceptors (Lipinski definition) is 3. The zero-order valence-electron chi connectivity index (χ0n) is 15.8. The molecule has 138 valence electrons. The second kappa shape index (κ2) is 7.90. The summed E-state index contributed by atoms with van der Waals surface area (Å²) < 4.78 is 5.50. The SMILES string of the molecule is CCC(CC)COC(=O)c1[nH]c2c(c1C)C(=O)CC(c1ccccc1)C2. The summed E-state index contributed by atoms with van der Waals surface area (Å²) in [5, 5.41) is 0. The summed E-state index contributed by atoms with van der Waals surface area (Å²) in [5.74, 6) is 0.288. The van der Waals surface area contributed by atoms with Gasteiger partial charge in [0.2, 0.25) is 0 Å². The molecular weight excluding hydrogens is 326 g/mol. The highest BCUT2D eigenvalue weighted by Gasteiger charge is 2.32. The Balaban J connectivity index is 1.80. The smallest absolute Gasteiger partial charge is 0.355 e. The van der Waals surface area contributed by atoms with Crippen LogP contribution in [0.3, 0.4) is 0 Å². The Hall–Kier alpha value is -2.36. The lowest BCUT2D eigenvalue weighted by atomic mass is 9.81. The highest BCUT2D eigenvalue weighted by atomic mass is 16.5. The lowest BCUT2D eigenvalue weighted by molar-refractivity contribution is 0.0426. The van der Waals surface area contributed by atoms with Crippen LogP contribution in [0.1, 0.15) is 76.7 Å². The van der Waals surface area contributed by atoms with Gasteiger partial charge < -0.3 is 9.72 Å². The molecule has 1 heterocycles. The van der Waals surface area contributed by atoms with Crippen LogP contribution in [0.5, 0.6) is 0 Å². The van der Waals surface area contributed by atoms with Gasteiger partial charge >= 0.3 is 5.97 Å². The van der Waals surface area contributed by atoms with Gasteiger partial charge in [-0.2, -0.15) is 0 Å². The summed E-state index contributed by atoms with van der Waals surface area (Å²) in [6.07, 6.45) is 3.20. The summed E-state index contributed by atoms with van der Waals surface area (Å²) in [7, 11) is 0. The minimum absolute atomic E-state index is 0.105. The van der Waals surface area contributed by atoms with E-state index in [0.717, 1.165) is 36.1 Å². The first kappa shape index (κ1) is 18.4. The van der Waals surface area contributed by atoms with E-state index in [9.17, 15) is 9.59 Å². The average Bonchev–Trinajstić information content (AvgIpc) is 3.00. The number of fused-ring (bicyclic) bond motifs is 1. The van der Waals surface area contributed by atoms with Crippen molar-refractivity contribution in [2.75, 3.05) is 6.61 Å². The molecule has 1 atom stereocenters. The van der Waals surface area contributed by atoms with E-state index in [1.165, 1.54) is 0 Å². The van der Waals surface area contributed by atoms with Gasteiger partial charge in [-0.05, 0) is 36.3 Å². The van der Waals surface area contributed by atoms with Crippen molar-refractivity contribution in [1.82, 2.24) is 4.98 Å². The third kappa shape index (κ3) is 3.59. The molecule has 4 nitrogen and oxygen atoms in total. The van der Waals surface area contributed by atoms with Crippen LogP contribution >= 0.6 is 0 Å². The fourth-order valence-corrected chi connectivity index (χ4v) is 3.79. The maximum absolute atomic E-state index is 12.7. The van der Waals surface area contributed by atoms with Crippen molar-refractivity contribution >= 4 is 11.8 Å². The Labute approximate surface area is 155 Å². The Morgan fingerprint density at radius 3 is 2.54 bits per heavy atom. The molecule has 2 aromatic rings. The third-order valence-corrected chi connectivity index (χ3v) is 5.57. The largest absolute Gasteiger partial charge is 0.461 e. The van der Waals surface area contributed by atoms with Crippen molar-refractivity contribution in [3.05, 3.63) is 58.4 Å². The molecule has 4 heteroatoms. The maximum atomic E-state index is 12.7. The van der Waals surface area contributed by atoms with E-state index in [0.29, 0.717) is 30.2 Å². The van der Waals surface area contributed by atoms with Crippen molar-refractivity contribution in [3.8, 4) is 0 Å². The molecule has 0 spiro atoms. The van der Waals surface area contributed by atoms with E-state index >= 15 is 0 Å². The lowest BCUT2D eigenvalue weighted by Gasteiger charge is -2.22. The molecule has 0 saturated heterocycles. The second-order valence-corrected chi connectivity index (χ2v) is 7.20. The molecule has 1 aliphatic rings. The van der Waals surface area contributed by atoms with E-state index in [1.807, 2.05) is 25.1 Å². The molecule has 1 aromatic carbocycles. The number of H-pyrrole nitrogens is 1. The third-order valence-electron chi connectivity index (χ3n) is 5.57. The predicted octanol–water partition coefficient (Wildman–Crippen LogP) is 4.83. The van der Waals surface area contributed by atoms with Crippen molar-refractivity contribution in [3.63, 3.8) is 0 Å². The van der Waals surface area contributed by atoms with Crippen LogP contribution in [0.2, 0.25) is 0 Å². The highest BCUT2D eigenvalue weighted by molar-refractivity contribution is 6.03. The van der Waals surface area contributed by atoms with Gasteiger partial charge in [0.15, 0.2) is 5.78 Å². The summed E-state index contributed by atoms with van der Waals surface area (Å²) >= 11 is 0. The molecule has 1 N–H and O–H groups in total. The average molecular weight is 353 g/mol. The lowest BCUT2D eigenvalue weighted by Crippen LogP contribution is -2.18. The van der Waals surface area contributed by atoms with E-state index in [4.69, 9.17) is 4.74 Å². The first-order valence-corrected chi connectivity index (χ1v) is 9.51. The zero-order valence-corrected chi connectivity index (χ0v) is 15.8. The fourth-order valence-electron chi connectivity index (χ4n) is 3.79. The van der Waals surface area contributed by atoms with Gasteiger partial charge in [-0.1, -0.05) is 57.0 Å². The molecule has 1 aliphatic carbocycles. The number of esters is 1. The van der Waals surface area contributed by atoms with Gasteiger partial charge in [-0.3, -0.25) is 4.79 Å². The molecule has 3 rings (SSSR count). The monoisotopic (exact) mass is 353 g/mol. The number of carbonyl (C=O) groups excluding carboxylic acids is 2. The number of carbonyl (C=O) groups is 2. The summed E-state index contributed by atoms with van der Waals surface area (Å²) in [4.78, 5) is 28.4. The van der Waals surface area contributed by atoms with Gasteiger partial charge in [0.05, 0.1) is 6.61 Å². The zero-order chi connectivity index (χ0) is 18.7. The van der Waals surface area contributed by atoms with E-state index in [1.54, 1.807) is 0 Å². The molecule has 0 fully saturated rings. The number of Topliss-reactive ketones (excluding diaryl/α,β-unsaturated/α-hetero) is 1. The predicted molar refractivity (Wildman–Crippen MR) is 102 cm³/mol. The van der Waals surface area contributed by atoms with Crippen molar-refractivity contribution in [2.24, 2.45) is 5.92 Å². The normalized spacial score (nSPS) is 16.6. The second-order valence-electron chi connectivity index (χ2n) is 7.20. The van der Waals surface area contributed by atoms with Crippen LogP contribution in [0.4, 0.5) is 0 Å². The quantitative estimate of drug-likeness (QED) is 0.757. The van der Waals surface area contributed by atoms with Crippen molar-refractivity contribution in [1.29, 1.82) is 0 Å². The van der Waals surface area contributed by atoms with Crippen LogP contribution in [0, 0.1) is 12.8 Å². The molecule has 0 saturated carbocycles. The minimum atomic E-state index is -0.354. The van der Waals surface area contributed by atoms with Gasteiger partial charge in [0.1, 0.15) is 5.69 Å². The van der Waals surface area contributed by atoms with Gasteiger partial charge in [0, 0.05) is 17.7 Å². The van der Waals surface area contributed by atoms with Gasteiger partial charge in [0.25, 0.3) is 0 Å². The number of rotatable bonds is 6. The first-order chi connectivity index (χ1) is 12.5. The molecule has 1 aromatic heterocycles. The van der Waals surface area contributed by atoms with Crippen molar-refractivity contribution < 1.29 is 14.3 Å². The molecule has 0 amide bonds. The molecule has 1 unspecified atom stereocenters. The summed E-state index contributed by atoms with van der Waals surface area (Å²) in [5.41, 5.74) is 3.87. The maximum Gasteiger partial charge on any atom is 0.355 e. The van der Waals surface area contributed by atoms with E-state index in [2.05, 4.69) is 31.0 Å². The van der Waals surface area contributed by atoms with Gasteiger partial charge in [-0.25, -0.2) is 4.79 Å². The molecule has 0 aliphatic heterocycles. The van der Waals surface area contributed by atoms with Crippen LogP contribution in [0.15, 0.2) is 30.3 Å². The van der Waals surface area contributed by atoms with Crippen LogP contribution in [-0.2, 0) is 11.2 Å². The van der Waals surface area contributed by atoms with Crippen LogP contribution in [0.25, 0.3) is 0 Å². The number of aromatic amines is 1. The Kier molecular flexibility index (Phi) is 5.60. The highest BCUT2D eigenvalue weighted by Crippen LogP contribution is 2.35. The van der Waals surface area contributed by atoms with E-state index in [-0.39, 0.29) is 17.7 Å². The standard InChI is InChI=1S/C22H27NO3/c1-4-15(5-2)13-26-22(25)21-14(3)20-18(23-21)11-17(12-19(20)24)16-9-7-6-8-10-16/h6-10,15,17,23H,4-5,11-13H2,1-3H3. The Bertz CT molecular complexity index is 787. The number of hydrogen-bond donors (Lipinski definition) is 1. The molecule has 0 bridgehead atoms. The molecule has 0 radical (unpaired) electrons. The number of nitrogens with one attached hydrogen (secondary N) is 1. The molecule has 26 heavy (non-hydrogen) atoms. The minimum Gasteiger partial charge on any atom is -0.461 e. The van der Waals surface area contributed by atoms with Crippen LogP contribution in [-0.4, -0.2) is 23.3 Å². The summed E-state index contributed by atoms with van der Waals surface area (Å²) in [6, 6.07) is 10.1. The fraction of sp³-hybridized carbons (Fsp3) is 0.455. The van der Waals surface area contributed by atoms with E-state index < -0.39 is 0 Å². The Morgan fingerprint density at radius 2 is 1.88 bits per heavy atom. The Morgan fingerprint density at radius 1 is 1.19 bits per heavy atom. The van der Waals surface area contributed by atoms with Gasteiger partial charge in [-0.15, -0.1) is 0 Å². The number of aromatic nitrogens is 1. The molecular formula is C22H27NO3.